The average Bonchev–Trinajstić information content (AvgIpc) is 3.08. The minimum atomic E-state index is -3.02. The number of ether oxygens (including phenoxy) is 1. The van der Waals surface area contributed by atoms with Crippen molar-refractivity contribution in [1.29, 1.82) is 0 Å². The third-order valence-corrected chi connectivity index (χ3v) is 8.64. The average molecular weight is 453 g/mol. The van der Waals surface area contributed by atoms with Crippen LogP contribution in [0.5, 0.6) is 5.75 Å². The highest BCUT2D eigenvalue weighted by molar-refractivity contribution is 8.05. The van der Waals surface area contributed by atoms with Crippen LogP contribution < -0.4 is 4.74 Å². The summed E-state index contributed by atoms with van der Waals surface area (Å²) >= 11 is 1.72. The molecule has 2 rings (SSSR count). The molecule has 0 saturated heterocycles. The van der Waals surface area contributed by atoms with Gasteiger partial charge in [-0.2, -0.15) is 0 Å². The van der Waals surface area contributed by atoms with Gasteiger partial charge in [0.1, 0.15) is 12.4 Å². The van der Waals surface area contributed by atoms with Crippen molar-refractivity contribution >= 4 is 27.4 Å². The summed E-state index contributed by atoms with van der Waals surface area (Å²) in [4.78, 5) is 13.2. The van der Waals surface area contributed by atoms with Gasteiger partial charge in [-0.3, -0.25) is 4.79 Å². The SMILES string of the molecule is CCC(CC)(c1ccc(OCC(=O)C(C)(C)C)c(C)c1)C1CC=C(CS(C)(=O)=O)S1. The van der Waals surface area contributed by atoms with Crippen molar-refractivity contribution in [3.63, 3.8) is 0 Å². The van der Waals surface area contributed by atoms with Gasteiger partial charge in [0.05, 0.1) is 5.75 Å². The monoisotopic (exact) mass is 452 g/mol. The van der Waals surface area contributed by atoms with Gasteiger partial charge in [-0.1, -0.05) is 52.8 Å². The molecule has 1 aliphatic heterocycles. The molecule has 0 amide bonds. The van der Waals surface area contributed by atoms with Crippen LogP contribution in [0.3, 0.4) is 0 Å². The summed E-state index contributed by atoms with van der Waals surface area (Å²) in [5, 5.41) is 0.317. The van der Waals surface area contributed by atoms with E-state index in [1.807, 2.05) is 33.8 Å². The number of carbonyl (C=O) groups excluding carboxylic acids is 1. The molecular formula is C24H36O4S2. The van der Waals surface area contributed by atoms with Crippen LogP contribution in [0.15, 0.2) is 29.2 Å². The predicted octanol–water partition coefficient (Wildman–Crippen LogP) is 5.48. The van der Waals surface area contributed by atoms with Crippen molar-refractivity contribution in [2.24, 2.45) is 5.41 Å². The van der Waals surface area contributed by atoms with Gasteiger partial charge < -0.3 is 4.74 Å². The number of carbonyl (C=O) groups is 1. The fraction of sp³-hybridized carbons (Fsp3) is 0.625. The zero-order valence-corrected chi connectivity index (χ0v) is 21.0. The topological polar surface area (TPSA) is 60.4 Å². The van der Waals surface area contributed by atoms with Crippen LogP contribution in [-0.4, -0.2) is 38.1 Å². The molecule has 168 valence electrons. The number of aryl methyl sites for hydroxylation is 1. The zero-order chi connectivity index (χ0) is 22.7. The lowest BCUT2D eigenvalue weighted by atomic mass is 9.71. The number of Topliss-reactive ketones (excluding diaryl/α,β-unsaturated/α-hetero) is 1. The molecule has 1 heterocycles. The summed E-state index contributed by atoms with van der Waals surface area (Å²) in [5.41, 5.74) is 1.83. The smallest absolute Gasteiger partial charge is 0.175 e. The number of ketones is 1. The van der Waals surface area contributed by atoms with Crippen molar-refractivity contribution in [3.05, 3.63) is 40.3 Å². The van der Waals surface area contributed by atoms with Gasteiger partial charge in [-0.15, -0.1) is 11.8 Å². The maximum absolute atomic E-state index is 12.2. The molecular weight excluding hydrogens is 416 g/mol. The Kier molecular flexibility index (Phi) is 7.89. The van der Waals surface area contributed by atoms with E-state index in [-0.39, 0.29) is 23.6 Å². The minimum Gasteiger partial charge on any atom is -0.486 e. The van der Waals surface area contributed by atoms with E-state index in [2.05, 4.69) is 32.1 Å². The normalized spacial score (nSPS) is 17.7. The highest BCUT2D eigenvalue weighted by Gasteiger charge is 2.40. The standard InChI is InChI=1S/C24H36O4S2/c1-8-24(9-2,22-13-11-19(29-22)16-30(7,26)27)18-10-12-20(17(3)14-18)28-15-21(25)23(4,5)6/h10-12,14,22H,8-9,13,15-16H2,1-7H3. The third-order valence-electron chi connectivity index (χ3n) is 6.08. The van der Waals surface area contributed by atoms with Crippen molar-refractivity contribution in [2.45, 2.75) is 71.5 Å². The lowest BCUT2D eigenvalue weighted by Gasteiger charge is -2.38. The van der Waals surface area contributed by atoms with Crippen LogP contribution in [0, 0.1) is 12.3 Å². The number of hydrogen-bond donors (Lipinski definition) is 0. The summed E-state index contributed by atoms with van der Waals surface area (Å²) in [5.74, 6) is 0.951. The number of hydrogen-bond acceptors (Lipinski definition) is 5. The molecule has 1 aliphatic rings. The fourth-order valence-corrected chi connectivity index (χ4v) is 6.98. The Hall–Kier alpha value is -1.27. The molecule has 4 nitrogen and oxygen atoms in total. The van der Waals surface area contributed by atoms with Crippen LogP contribution in [0.2, 0.25) is 0 Å². The Balaban J connectivity index is 2.22. The summed E-state index contributed by atoms with van der Waals surface area (Å²) in [7, 11) is -3.02. The first-order chi connectivity index (χ1) is 13.8. The van der Waals surface area contributed by atoms with E-state index in [1.165, 1.54) is 11.8 Å². The molecule has 0 aromatic heterocycles. The Labute approximate surface area is 186 Å². The Morgan fingerprint density at radius 1 is 1.20 bits per heavy atom. The maximum Gasteiger partial charge on any atom is 0.175 e. The number of thioether (sulfide) groups is 1. The van der Waals surface area contributed by atoms with E-state index in [0.717, 1.165) is 35.5 Å². The molecule has 6 heteroatoms. The second kappa shape index (κ2) is 9.47. The first-order valence-electron chi connectivity index (χ1n) is 10.6. The van der Waals surface area contributed by atoms with Crippen LogP contribution in [0.25, 0.3) is 0 Å². The van der Waals surface area contributed by atoms with E-state index in [1.54, 1.807) is 11.8 Å². The number of benzene rings is 1. The molecule has 0 saturated carbocycles. The molecule has 0 radical (unpaired) electrons. The third kappa shape index (κ3) is 5.91. The van der Waals surface area contributed by atoms with E-state index < -0.39 is 15.3 Å². The fourth-order valence-electron chi connectivity index (χ4n) is 3.99. The first-order valence-corrected chi connectivity index (χ1v) is 13.6. The lowest BCUT2D eigenvalue weighted by Crippen LogP contribution is -2.35. The van der Waals surface area contributed by atoms with Gasteiger partial charge in [0.25, 0.3) is 0 Å². The van der Waals surface area contributed by atoms with Crippen LogP contribution in [-0.2, 0) is 20.0 Å². The van der Waals surface area contributed by atoms with Crippen LogP contribution in [0.1, 0.15) is 65.0 Å². The van der Waals surface area contributed by atoms with Crippen molar-refractivity contribution < 1.29 is 17.9 Å². The quantitative estimate of drug-likeness (QED) is 0.496. The summed E-state index contributed by atoms with van der Waals surface area (Å²) < 4.78 is 29.3. The molecule has 1 aromatic rings. The second-order valence-electron chi connectivity index (χ2n) is 9.39. The Morgan fingerprint density at radius 2 is 1.83 bits per heavy atom. The number of allylic oxidation sites excluding steroid dienone is 1. The summed E-state index contributed by atoms with van der Waals surface area (Å²) in [6.45, 7) is 12.2. The molecule has 30 heavy (non-hydrogen) atoms. The van der Waals surface area contributed by atoms with E-state index in [0.29, 0.717) is 5.25 Å². The molecule has 1 atom stereocenters. The van der Waals surface area contributed by atoms with E-state index in [4.69, 9.17) is 4.74 Å². The minimum absolute atomic E-state index is 0.0368. The maximum atomic E-state index is 12.2. The summed E-state index contributed by atoms with van der Waals surface area (Å²) in [6, 6.07) is 6.27. The Bertz CT molecular complexity index is 904. The van der Waals surface area contributed by atoms with Gasteiger partial charge in [0.2, 0.25) is 0 Å². The molecule has 1 aromatic carbocycles. The molecule has 0 bridgehead atoms. The number of rotatable bonds is 9. The lowest BCUT2D eigenvalue weighted by molar-refractivity contribution is -0.128. The van der Waals surface area contributed by atoms with Gasteiger partial charge in [-0.05, 0) is 48.3 Å². The van der Waals surface area contributed by atoms with Gasteiger partial charge in [0.15, 0.2) is 15.6 Å². The molecule has 0 fully saturated rings. The van der Waals surface area contributed by atoms with Crippen LogP contribution in [0.4, 0.5) is 0 Å². The largest absolute Gasteiger partial charge is 0.486 e. The summed E-state index contributed by atoms with van der Waals surface area (Å²) in [6.07, 6.45) is 6.22. The zero-order valence-electron chi connectivity index (χ0n) is 19.4. The molecule has 0 spiro atoms. The highest BCUT2D eigenvalue weighted by atomic mass is 32.2. The van der Waals surface area contributed by atoms with E-state index >= 15 is 0 Å². The van der Waals surface area contributed by atoms with Crippen molar-refractivity contribution in [3.8, 4) is 5.75 Å². The van der Waals surface area contributed by atoms with Crippen LogP contribution >= 0.6 is 11.8 Å². The second-order valence-corrected chi connectivity index (χ2v) is 12.9. The Morgan fingerprint density at radius 3 is 2.33 bits per heavy atom. The van der Waals surface area contributed by atoms with Crippen molar-refractivity contribution in [2.75, 3.05) is 18.6 Å². The molecule has 0 aliphatic carbocycles. The number of sulfone groups is 1. The van der Waals surface area contributed by atoms with Gasteiger partial charge in [0, 0.05) is 22.3 Å². The van der Waals surface area contributed by atoms with Gasteiger partial charge in [-0.25, -0.2) is 8.42 Å². The first kappa shape index (κ1) is 25.0. The predicted molar refractivity (Wildman–Crippen MR) is 127 cm³/mol. The van der Waals surface area contributed by atoms with Gasteiger partial charge >= 0.3 is 0 Å². The highest BCUT2D eigenvalue weighted by Crippen LogP contribution is 2.49. The molecule has 1 unspecified atom stereocenters. The van der Waals surface area contributed by atoms with E-state index in [9.17, 15) is 13.2 Å². The van der Waals surface area contributed by atoms with Crippen molar-refractivity contribution in [1.82, 2.24) is 0 Å². The molecule has 0 N–H and O–H groups in total.